The van der Waals surface area contributed by atoms with Crippen LogP contribution in [0.1, 0.15) is 5.56 Å². The fourth-order valence-corrected chi connectivity index (χ4v) is 2.04. The van der Waals surface area contributed by atoms with Crippen molar-refractivity contribution >= 4 is 11.5 Å². The van der Waals surface area contributed by atoms with Gasteiger partial charge in [-0.1, -0.05) is 0 Å². The summed E-state index contributed by atoms with van der Waals surface area (Å²) in [6.45, 7) is 4.69. The molecule has 7 nitrogen and oxygen atoms in total. The molecule has 0 saturated carbocycles. The molecule has 1 aromatic rings. The van der Waals surface area contributed by atoms with Crippen molar-refractivity contribution in [2.24, 2.45) is 0 Å². The highest BCUT2D eigenvalue weighted by atomic mass is 16.6. The van der Waals surface area contributed by atoms with Crippen LogP contribution in [0, 0.1) is 17.0 Å². The maximum Gasteiger partial charge on any atom is 0.277 e. The standard InChI is InChI=1S/C12H18N4O3/c1-9-6-14-12(5-11(9)16(17)18)15(2)8-10-7-13-3-4-19-10/h5-6,10,13H,3-4,7-8H2,1-2H3. The topological polar surface area (TPSA) is 80.5 Å². The average Bonchev–Trinajstić information content (AvgIpc) is 2.40. The van der Waals surface area contributed by atoms with Crippen LogP contribution in [0.3, 0.4) is 0 Å². The van der Waals surface area contributed by atoms with Crippen molar-refractivity contribution in [3.63, 3.8) is 0 Å². The van der Waals surface area contributed by atoms with Crippen molar-refractivity contribution < 1.29 is 9.66 Å². The number of pyridine rings is 1. The Bertz CT molecular complexity index is 460. The van der Waals surface area contributed by atoms with E-state index in [0.29, 0.717) is 24.5 Å². The van der Waals surface area contributed by atoms with Crippen LogP contribution in [0.15, 0.2) is 12.3 Å². The van der Waals surface area contributed by atoms with Crippen molar-refractivity contribution in [3.8, 4) is 0 Å². The first-order chi connectivity index (χ1) is 9.08. The van der Waals surface area contributed by atoms with Crippen LogP contribution in [0.5, 0.6) is 0 Å². The number of nitrogens with one attached hydrogen (secondary N) is 1. The SMILES string of the molecule is Cc1cnc(N(C)CC2CNCCO2)cc1[N+](=O)[O-]. The molecule has 0 aliphatic carbocycles. The van der Waals surface area contributed by atoms with E-state index in [2.05, 4.69) is 10.3 Å². The predicted octanol–water partition coefficient (Wildman–Crippen LogP) is 0.723. The van der Waals surface area contributed by atoms with Crippen molar-refractivity contribution in [3.05, 3.63) is 27.9 Å². The molecule has 2 heterocycles. The lowest BCUT2D eigenvalue weighted by Crippen LogP contribution is -2.44. The summed E-state index contributed by atoms with van der Waals surface area (Å²) in [5.41, 5.74) is 0.664. The maximum absolute atomic E-state index is 10.9. The van der Waals surface area contributed by atoms with Crippen LogP contribution >= 0.6 is 0 Å². The van der Waals surface area contributed by atoms with Crippen LogP contribution in [0.2, 0.25) is 0 Å². The molecule has 1 fully saturated rings. The summed E-state index contributed by atoms with van der Waals surface area (Å²) in [5.74, 6) is 0.589. The molecular formula is C12H18N4O3. The number of nitrogens with zero attached hydrogens (tertiary/aromatic N) is 3. The zero-order valence-corrected chi connectivity index (χ0v) is 11.1. The molecule has 2 rings (SSSR count). The second kappa shape index (κ2) is 5.94. The van der Waals surface area contributed by atoms with Gasteiger partial charge in [-0.15, -0.1) is 0 Å². The summed E-state index contributed by atoms with van der Waals surface area (Å²) in [6.07, 6.45) is 1.62. The number of anilines is 1. The third-order valence-corrected chi connectivity index (χ3v) is 3.13. The smallest absolute Gasteiger partial charge is 0.277 e. The first-order valence-electron chi connectivity index (χ1n) is 6.22. The highest BCUT2D eigenvalue weighted by Crippen LogP contribution is 2.22. The van der Waals surface area contributed by atoms with Gasteiger partial charge in [0.05, 0.1) is 23.7 Å². The summed E-state index contributed by atoms with van der Waals surface area (Å²) >= 11 is 0. The van der Waals surface area contributed by atoms with Gasteiger partial charge in [-0.05, 0) is 6.92 Å². The zero-order chi connectivity index (χ0) is 13.8. The van der Waals surface area contributed by atoms with Gasteiger partial charge in [0.2, 0.25) is 0 Å². The van der Waals surface area contributed by atoms with Gasteiger partial charge in [-0.2, -0.15) is 0 Å². The van der Waals surface area contributed by atoms with Crippen molar-refractivity contribution in [2.75, 3.05) is 38.2 Å². The lowest BCUT2D eigenvalue weighted by molar-refractivity contribution is -0.385. The minimum Gasteiger partial charge on any atom is -0.374 e. The van der Waals surface area contributed by atoms with E-state index in [-0.39, 0.29) is 16.7 Å². The van der Waals surface area contributed by atoms with Crippen LogP contribution in [-0.2, 0) is 4.74 Å². The van der Waals surface area contributed by atoms with Gasteiger partial charge in [0.15, 0.2) is 0 Å². The second-order valence-corrected chi connectivity index (χ2v) is 4.66. The Kier molecular flexibility index (Phi) is 4.28. The van der Waals surface area contributed by atoms with E-state index >= 15 is 0 Å². The van der Waals surface area contributed by atoms with E-state index in [1.807, 2.05) is 11.9 Å². The van der Waals surface area contributed by atoms with E-state index in [9.17, 15) is 10.1 Å². The normalized spacial score (nSPS) is 19.2. The maximum atomic E-state index is 10.9. The molecule has 19 heavy (non-hydrogen) atoms. The Morgan fingerprint density at radius 1 is 1.68 bits per heavy atom. The van der Waals surface area contributed by atoms with Gasteiger partial charge < -0.3 is 15.0 Å². The molecule has 1 atom stereocenters. The number of hydrogen-bond acceptors (Lipinski definition) is 6. The Morgan fingerprint density at radius 2 is 2.47 bits per heavy atom. The van der Waals surface area contributed by atoms with Crippen LogP contribution in [-0.4, -0.2) is 49.3 Å². The first-order valence-corrected chi connectivity index (χ1v) is 6.22. The van der Waals surface area contributed by atoms with Crippen molar-refractivity contribution in [1.82, 2.24) is 10.3 Å². The highest BCUT2D eigenvalue weighted by molar-refractivity contribution is 5.50. The van der Waals surface area contributed by atoms with Crippen LogP contribution in [0.4, 0.5) is 11.5 Å². The molecule has 1 aliphatic rings. The van der Waals surface area contributed by atoms with E-state index in [4.69, 9.17) is 4.74 Å². The first kappa shape index (κ1) is 13.7. The van der Waals surface area contributed by atoms with Gasteiger partial charge >= 0.3 is 0 Å². The van der Waals surface area contributed by atoms with Crippen molar-refractivity contribution in [1.29, 1.82) is 0 Å². The number of likely N-dealkylation sites (N-methyl/N-ethyl adjacent to an activating group) is 1. The number of aromatic nitrogens is 1. The Hall–Kier alpha value is -1.73. The molecule has 0 radical (unpaired) electrons. The number of aryl methyl sites for hydroxylation is 1. The number of ether oxygens (including phenoxy) is 1. The lowest BCUT2D eigenvalue weighted by atomic mass is 10.2. The zero-order valence-electron chi connectivity index (χ0n) is 11.1. The average molecular weight is 266 g/mol. The molecule has 0 spiro atoms. The largest absolute Gasteiger partial charge is 0.374 e. The number of rotatable bonds is 4. The Morgan fingerprint density at radius 3 is 3.11 bits per heavy atom. The summed E-state index contributed by atoms with van der Waals surface area (Å²) in [7, 11) is 1.86. The quantitative estimate of drug-likeness (QED) is 0.639. The number of hydrogen-bond donors (Lipinski definition) is 1. The van der Waals surface area contributed by atoms with Crippen LogP contribution in [0.25, 0.3) is 0 Å². The minimum absolute atomic E-state index is 0.0842. The molecule has 1 aromatic heterocycles. The van der Waals surface area contributed by atoms with Crippen molar-refractivity contribution in [2.45, 2.75) is 13.0 Å². The minimum atomic E-state index is -0.382. The molecule has 1 aliphatic heterocycles. The molecule has 0 amide bonds. The van der Waals surface area contributed by atoms with Gasteiger partial charge in [0.1, 0.15) is 5.82 Å². The van der Waals surface area contributed by atoms with Gasteiger partial charge in [0, 0.05) is 38.4 Å². The molecule has 0 aromatic carbocycles. The van der Waals surface area contributed by atoms with Gasteiger partial charge in [-0.25, -0.2) is 4.98 Å². The van der Waals surface area contributed by atoms with E-state index in [1.54, 1.807) is 6.92 Å². The van der Waals surface area contributed by atoms with E-state index in [0.717, 1.165) is 13.1 Å². The fourth-order valence-electron chi connectivity index (χ4n) is 2.04. The summed E-state index contributed by atoms with van der Waals surface area (Å²) < 4.78 is 5.61. The van der Waals surface area contributed by atoms with Gasteiger partial charge in [-0.3, -0.25) is 10.1 Å². The Labute approximate surface area is 111 Å². The second-order valence-electron chi connectivity index (χ2n) is 4.66. The van der Waals surface area contributed by atoms with E-state index < -0.39 is 0 Å². The van der Waals surface area contributed by atoms with Gasteiger partial charge in [0.25, 0.3) is 5.69 Å². The van der Waals surface area contributed by atoms with E-state index in [1.165, 1.54) is 12.3 Å². The summed E-state index contributed by atoms with van der Waals surface area (Å²) in [5, 5.41) is 14.2. The Balaban J connectivity index is 2.07. The monoisotopic (exact) mass is 266 g/mol. The molecule has 1 unspecified atom stereocenters. The molecular weight excluding hydrogens is 248 g/mol. The molecule has 1 N–H and O–H groups in total. The fraction of sp³-hybridized carbons (Fsp3) is 0.583. The number of morpholine rings is 1. The third kappa shape index (κ3) is 3.39. The number of nitro groups is 1. The molecule has 1 saturated heterocycles. The highest BCUT2D eigenvalue weighted by Gasteiger charge is 2.19. The third-order valence-electron chi connectivity index (χ3n) is 3.13. The predicted molar refractivity (Wildman–Crippen MR) is 71.5 cm³/mol. The molecule has 7 heteroatoms. The lowest BCUT2D eigenvalue weighted by Gasteiger charge is -2.28. The summed E-state index contributed by atoms with van der Waals surface area (Å²) in [6, 6.07) is 1.51. The van der Waals surface area contributed by atoms with Crippen LogP contribution < -0.4 is 10.2 Å². The molecule has 104 valence electrons. The summed E-state index contributed by atoms with van der Waals surface area (Å²) in [4.78, 5) is 16.6. The molecule has 0 bridgehead atoms.